The minimum atomic E-state index is -4.89. The molecule has 1 aliphatic carbocycles. The first-order valence-corrected chi connectivity index (χ1v) is 25.2. The van der Waals surface area contributed by atoms with Crippen LogP contribution in [0.25, 0.3) is 10.8 Å². The summed E-state index contributed by atoms with van der Waals surface area (Å²) in [7, 11) is -12.4. The highest BCUT2D eigenvalue weighted by Gasteiger charge is 2.46. The molecule has 0 unspecified atom stereocenters. The van der Waals surface area contributed by atoms with Crippen LogP contribution in [0.15, 0.2) is 98.3 Å². The van der Waals surface area contributed by atoms with Crippen LogP contribution in [0, 0.1) is 12.3 Å². The molecule has 3 heterocycles. The van der Waals surface area contributed by atoms with Crippen molar-refractivity contribution in [2.45, 2.75) is 113 Å². The summed E-state index contributed by atoms with van der Waals surface area (Å²) in [6.45, 7) is 14.1. The summed E-state index contributed by atoms with van der Waals surface area (Å²) in [6, 6.07) is 8.04. The summed E-state index contributed by atoms with van der Waals surface area (Å²) in [6.07, 6.45) is 11.5. The third-order valence-corrected chi connectivity index (χ3v) is 15.2. The summed E-state index contributed by atoms with van der Waals surface area (Å²) in [5.41, 5.74) is 5.09. The maximum Gasteiger partial charge on any atom is 0.333 e. The predicted molar refractivity (Wildman–Crippen MR) is 242 cm³/mol. The van der Waals surface area contributed by atoms with Crippen molar-refractivity contribution in [3.05, 3.63) is 100 Å². The van der Waals surface area contributed by atoms with Gasteiger partial charge in [0.25, 0.3) is 42.2 Å². The zero-order valence-electron chi connectivity index (χ0n) is 37.3. The van der Waals surface area contributed by atoms with E-state index in [-0.39, 0.29) is 53.3 Å². The van der Waals surface area contributed by atoms with E-state index in [9.17, 15) is 53.3 Å². The number of carbonyl (C=O) groups is 3. The highest BCUT2D eigenvalue weighted by Crippen LogP contribution is 2.52. The van der Waals surface area contributed by atoms with Gasteiger partial charge in [-0.15, -0.1) is 5.06 Å². The average Bonchev–Trinajstić information content (AvgIpc) is 3.68. The molecule has 1 saturated heterocycles. The van der Waals surface area contributed by atoms with Gasteiger partial charge in [-0.2, -0.15) is 29.8 Å². The molecule has 4 aliphatic rings. The summed E-state index contributed by atoms with van der Waals surface area (Å²) >= 11 is 0. The number of hydrogen-bond acceptors (Lipinski definition) is 11. The average molecular weight is 951 g/mol. The van der Waals surface area contributed by atoms with Crippen molar-refractivity contribution in [2.75, 3.05) is 18.5 Å². The van der Waals surface area contributed by atoms with Crippen LogP contribution in [0.1, 0.15) is 96.8 Å². The van der Waals surface area contributed by atoms with Crippen molar-refractivity contribution in [1.29, 1.82) is 0 Å². The van der Waals surface area contributed by atoms with Gasteiger partial charge in [0.1, 0.15) is 11.4 Å². The fourth-order valence-electron chi connectivity index (χ4n) is 9.81. The van der Waals surface area contributed by atoms with E-state index in [1.807, 2.05) is 62.4 Å². The van der Waals surface area contributed by atoms with E-state index in [1.54, 1.807) is 13.0 Å². The molecule has 0 atom stereocenters. The lowest BCUT2D eigenvalue weighted by Gasteiger charge is -2.32. The minimum Gasteiger partial charge on any atom is -0.347 e. The van der Waals surface area contributed by atoms with Gasteiger partial charge in [0, 0.05) is 65.7 Å². The van der Waals surface area contributed by atoms with E-state index in [2.05, 4.69) is 26.0 Å². The van der Waals surface area contributed by atoms with Gasteiger partial charge in [-0.25, -0.2) is 4.79 Å². The van der Waals surface area contributed by atoms with Crippen molar-refractivity contribution in [3.63, 3.8) is 0 Å². The Morgan fingerprint density at radius 2 is 1.46 bits per heavy atom. The minimum absolute atomic E-state index is 0.0268. The largest absolute Gasteiger partial charge is 0.347 e. The van der Waals surface area contributed by atoms with Crippen LogP contribution < -0.4 is 4.90 Å². The zero-order valence-corrected chi connectivity index (χ0v) is 39.7. The van der Waals surface area contributed by atoms with Crippen LogP contribution >= 0.6 is 0 Å². The number of benzene rings is 3. The van der Waals surface area contributed by atoms with E-state index in [4.69, 9.17) is 4.84 Å². The Labute approximate surface area is 378 Å². The topological polar surface area (TPSA) is 233 Å². The van der Waals surface area contributed by atoms with Crippen molar-refractivity contribution >= 4 is 76.0 Å². The molecule has 7 rings (SSSR count). The Hall–Kier alpha value is -5.31. The molecule has 2 amide bonds. The number of imide groups is 1. The Bertz CT molecular complexity index is 3120. The fraction of sp³-hybridized carbons (Fsp3) is 0.391. The molecule has 346 valence electrons. The van der Waals surface area contributed by atoms with Gasteiger partial charge < -0.3 is 9.74 Å². The van der Waals surface area contributed by atoms with Gasteiger partial charge in [-0.05, 0) is 97.5 Å². The molecule has 1 fully saturated rings. The highest BCUT2D eigenvalue weighted by molar-refractivity contribution is 7.87. The van der Waals surface area contributed by atoms with Gasteiger partial charge in [0.2, 0.25) is 5.69 Å². The number of amides is 2. The summed E-state index contributed by atoms with van der Waals surface area (Å²) in [5.74, 6) is -1.90. The van der Waals surface area contributed by atoms with Gasteiger partial charge >= 0.3 is 5.97 Å². The number of anilines is 1. The second-order valence-corrected chi connectivity index (χ2v) is 23.1. The highest BCUT2D eigenvalue weighted by atomic mass is 32.2. The lowest BCUT2D eigenvalue weighted by Crippen LogP contribution is -2.32. The van der Waals surface area contributed by atoms with Crippen LogP contribution in [0.4, 0.5) is 11.4 Å². The smallest absolute Gasteiger partial charge is 0.333 e. The number of likely N-dealkylation sites (N-methyl/N-ethyl adjacent to an activating group) is 1. The lowest BCUT2D eigenvalue weighted by atomic mass is 9.74. The van der Waals surface area contributed by atoms with E-state index in [0.29, 0.717) is 40.3 Å². The third kappa shape index (κ3) is 9.01. The summed E-state index contributed by atoms with van der Waals surface area (Å²) in [4.78, 5) is 42.3. The first kappa shape index (κ1) is 47.6. The molecular weight excluding hydrogens is 899 g/mol. The molecule has 0 saturated carbocycles. The number of allylic oxidation sites excluding steroid dienone is 8. The molecule has 0 spiro atoms. The Morgan fingerprint density at radius 3 is 2.08 bits per heavy atom. The number of aryl methyl sites for hydroxylation is 1. The quantitative estimate of drug-likeness (QED) is 0.0981. The molecule has 0 bridgehead atoms. The van der Waals surface area contributed by atoms with Gasteiger partial charge in [0.05, 0.1) is 21.6 Å². The fourth-order valence-corrected chi connectivity index (χ4v) is 11.7. The van der Waals surface area contributed by atoms with E-state index < -0.39 is 68.8 Å². The first-order chi connectivity index (χ1) is 29.9. The second-order valence-electron chi connectivity index (χ2n) is 18.9. The SMILES string of the molecule is Cc1cc(S(=O)(=O)O)cc2c1[N+](CCCC(=O)ON1C(=O)CCC1=O)=C(C=CC=C1C=C(C=C3N(C)c4ccc5c(S(=O)(=O)O)cc(S(=O)(=O)O)cc5c4C3(C)C)CC(C)(C)C1)C2(C)C. The monoisotopic (exact) mass is 950 g/mol. The van der Waals surface area contributed by atoms with Gasteiger partial charge in [-0.1, -0.05) is 52.0 Å². The number of nitrogens with zero attached hydrogens (tertiary/aromatic N) is 3. The van der Waals surface area contributed by atoms with Crippen LogP contribution in [-0.2, 0) is 60.4 Å². The Morgan fingerprint density at radius 1 is 0.831 bits per heavy atom. The summed E-state index contributed by atoms with van der Waals surface area (Å²) in [5, 5.41) is 0.860. The summed E-state index contributed by atoms with van der Waals surface area (Å²) < 4.78 is 106. The number of carbonyl (C=O) groups excluding carboxylic acids is 3. The molecule has 3 aliphatic heterocycles. The van der Waals surface area contributed by atoms with Crippen LogP contribution in [0.3, 0.4) is 0 Å². The lowest BCUT2D eigenvalue weighted by molar-refractivity contribution is -0.438. The molecule has 3 N–H and O–H groups in total. The molecule has 19 heteroatoms. The molecule has 3 aromatic rings. The van der Waals surface area contributed by atoms with Crippen LogP contribution in [-0.4, -0.2) is 85.6 Å². The number of hydrogen-bond donors (Lipinski definition) is 3. The van der Waals surface area contributed by atoms with E-state index in [0.717, 1.165) is 34.3 Å². The zero-order chi connectivity index (χ0) is 48.0. The second kappa shape index (κ2) is 16.2. The number of rotatable bonds is 11. The number of hydroxylamine groups is 2. The predicted octanol–water partition coefficient (Wildman–Crippen LogP) is 7.19. The van der Waals surface area contributed by atoms with E-state index >= 15 is 0 Å². The molecule has 16 nitrogen and oxygen atoms in total. The van der Waals surface area contributed by atoms with Crippen molar-refractivity contribution in [3.8, 4) is 0 Å². The molecule has 65 heavy (non-hydrogen) atoms. The van der Waals surface area contributed by atoms with Crippen molar-refractivity contribution < 1.29 is 62.7 Å². The molecule has 0 radical (unpaired) electrons. The van der Waals surface area contributed by atoms with Crippen LogP contribution in [0.5, 0.6) is 0 Å². The van der Waals surface area contributed by atoms with Gasteiger partial charge in [0.15, 0.2) is 5.71 Å². The normalized spacial score (nSPS) is 20.7. The molecular formula is C46H52N3O13S3+. The molecule has 0 aromatic heterocycles. The van der Waals surface area contributed by atoms with Gasteiger partial charge in [-0.3, -0.25) is 23.2 Å². The van der Waals surface area contributed by atoms with Crippen molar-refractivity contribution in [2.24, 2.45) is 5.41 Å². The Kier molecular flexibility index (Phi) is 11.9. The number of fused-ring (bicyclic) bond motifs is 4. The third-order valence-electron chi connectivity index (χ3n) is 12.6. The standard InChI is InChI=1S/C46H51N3O13S3/c1-27-19-30(63(53,54)55)23-34-43(27)48(18-10-13-41(52)62-49-39(50)16-17-40(49)51)37(45(34,4)5)12-9-11-28-20-29(26-44(2,3)25-28)21-38-46(6,7)42-33-22-31(64(56,57)58)24-36(65(59,60)61)32(33)14-15-35(42)47(38)8/h9,11-12,14-15,19-24H,10,13,16-18,25-26H2,1-8H3,(H2-,53,54,55,56,57,58,59,60,61)/p+1. The van der Waals surface area contributed by atoms with Crippen LogP contribution in [0.2, 0.25) is 0 Å². The maximum absolute atomic E-state index is 12.7. The molecule has 3 aromatic carbocycles. The van der Waals surface area contributed by atoms with E-state index in [1.165, 1.54) is 24.3 Å². The Balaban J connectivity index is 1.25. The first-order valence-electron chi connectivity index (χ1n) is 20.9. The van der Waals surface area contributed by atoms with Crippen molar-refractivity contribution in [1.82, 2.24) is 5.06 Å². The maximum atomic E-state index is 12.7.